The third-order valence-corrected chi connectivity index (χ3v) is 5.67. The fourth-order valence-corrected chi connectivity index (χ4v) is 4.07. The van der Waals surface area contributed by atoms with Gasteiger partial charge in [0.05, 0.1) is 12.0 Å². The molecule has 7 nitrogen and oxygen atoms in total. The van der Waals surface area contributed by atoms with E-state index in [-0.39, 0.29) is 17.6 Å². The van der Waals surface area contributed by atoms with Crippen LogP contribution < -0.4 is 5.32 Å². The molecule has 0 spiro atoms. The molecule has 5 rings (SSSR count). The number of imidazole rings is 1. The van der Waals surface area contributed by atoms with Crippen LogP contribution in [-0.2, 0) is 4.79 Å². The van der Waals surface area contributed by atoms with Crippen LogP contribution in [0.25, 0.3) is 16.9 Å². The average molecular weight is 414 g/mol. The lowest BCUT2D eigenvalue weighted by molar-refractivity contribution is -0.119. The van der Waals surface area contributed by atoms with Gasteiger partial charge in [0.25, 0.3) is 5.91 Å². The number of likely N-dealkylation sites (tertiary alicyclic amines) is 1. The zero-order valence-corrected chi connectivity index (χ0v) is 17.1. The van der Waals surface area contributed by atoms with Gasteiger partial charge in [-0.25, -0.2) is 4.98 Å². The zero-order valence-electron chi connectivity index (χ0n) is 17.1. The molecule has 3 aromatic heterocycles. The molecule has 1 atom stereocenters. The number of nitrogens with one attached hydrogen (secondary N) is 1. The van der Waals surface area contributed by atoms with Crippen molar-refractivity contribution in [2.45, 2.75) is 25.8 Å². The van der Waals surface area contributed by atoms with E-state index in [0.717, 1.165) is 28.9 Å². The van der Waals surface area contributed by atoms with Gasteiger partial charge in [-0.15, -0.1) is 0 Å². The smallest absolute Gasteiger partial charge is 0.290 e. The van der Waals surface area contributed by atoms with Gasteiger partial charge in [-0.3, -0.25) is 9.59 Å². The summed E-state index contributed by atoms with van der Waals surface area (Å²) in [6.45, 7) is 2.58. The maximum atomic E-state index is 12.9. The molecule has 0 aliphatic carbocycles. The van der Waals surface area contributed by atoms with Crippen molar-refractivity contribution >= 4 is 23.1 Å². The second-order valence-electron chi connectivity index (χ2n) is 7.75. The van der Waals surface area contributed by atoms with Gasteiger partial charge < -0.3 is 19.0 Å². The summed E-state index contributed by atoms with van der Waals surface area (Å²) in [5, 5.41) is 2.94. The molecule has 31 heavy (non-hydrogen) atoms. The summed E-state index contributed by atoms with van der Waals surface area (Å²) in [7, 11) is 0. The summed E-state index contributed by atoms with van der Waals surface area (Å²) < 4.78 is 7.21. The second kappa shape index (κ2) is 7.75. The molecule has 1 N–H and O–H groups in total. The topological polar surface area (TPSA) is 79.9 Å². The maximum absolute atomic E-state index is 12.9. The lowest BCUT2D eigenvalue weighted by Crippen LogP contribution is -2.43. The molecule has 1 aliphatic heterocycles. The minimum Gasteiger partial charge on any atom is -0.459 e. The van der Waals surface area contributed by atoms with Crippen LogP contribution in [0.4, 0.5) is 5.69 Å². The minimum absolute atomic E-state index is 0.187. The Morgan fingerprint density at radius 3 is 2.71 bits per heavy atom. The van der Waals surface area contributed by atoms with E-state index < -0.39 is 6.04 Å². The standard InChI is InChI=1S/C24H22N4O3/c1-16-5-2-12-27-15-19(26-22(16)27)17-8-10-18(11-9-17)25-23(29)20-6-3-13-28(20)24(30)21-7-4-14-31-21/h2,4-5,7-12,14-15,20H,3,6,13H2,1H3,(H,25,29). The van der Waals surface area contributed by atoms with E-state index in [2.05, 4.69) is 5.32 Å². The van der Waals surface area contributed by atoms with Gasteiger partial charge in [-0.1, -0.05) is 18.2 Å². The van der Waals surface area contributed by atoms with Crippen LogP contribution in [0.15, 0.2) is 71.6 Å². The molecule has 4 heterocycles. The van der Waals surface area contributed by atoms with Crippen LogP contribution in [0.5, 0.6) is 0 Å². The van der Waals surface area contributed by atoms with Gasteiger partial charge in [0.1, 0.15) is 11.7 Å². The van der Waals surface area contributed by atoms with Crippen molar-refractivity contribution in [1.29, 1.82) is 0 Å². The van der Waals surface area contributed by atoms with E-state index >= 15 is 0 Å². The molecule has 0 bridgehead atoms. The first-order chi connectivity index (χ1) is 15.1. The van der Waals surface area contributed by atoms with E-state index in [1.165, 1.54) is 6.26 Å². The number of anilines is 1. The Bertz CT molecular complexity index is 1240. The fourth-order valence-electron chi connectivity index (χ4n) is 4.07. The highest BCUT2D eigenvalue weighted by molar-refractivity contribution is 6.00. The summed E-state index contributed by atoms with van der Waals surface area (Å²) in [5.74, 6) is -0.180. The first kappa shape index (κ1) is 19.1. The van der Waals surface area contributed by atoms with Crippen molar-refractivity contribution in [3.63, 3.8) is 0 Å². The number of furan rings is 1. The van der Waals surface area contributed by atoms with Crippen LogP contribution in [-0.4, -0.2) is 38.7 Å². The predicted molar refractivity (Wildman–Crippen MR) is 117 cm³/mol. The lowest BCUT2D eigenvalue weighted by atomic mass is 10.1. The van der Waals surface area contributed by atoms with E-state index in [4.69, 9.17) is 9.40 Å². The van der Waals surface area contributed by atoms with Crippen LogP contribution in [0, 0.1) is 6.92 Å². The number of hydrogen-bond acceptors (Lipinski definition) is 4. The Morgan fingerprint density at radius 2 is 1.97 bits per heavy atom. The molecule has 1 aliphatic rings. The number of benzene rings is 1. The summed E-state index contributed by atoms with van der Waals surface area (Å²) in [5.41, 5.74) is 4.57. The molecule has 0 saturated carbocycles. The summed E-state index contributed by atoms with van der Waals surface area (Å²) in [6, 6.07) is 14.4. The number of aromatic nitrogens is 2. The van der Waals surface area contributed by atoms with Crippen molar-refractivity contribution in [1.82, 2.24) is 14.3 Å². The molecule has 1 saturated heterocycles. The van der Waals surface area contributed by atoms with E-state index in [0.29, 0.717) is 18.7 Å². The number of carbonyl (C=O) groups excluding carboxylic acids is 2. The zero-order chi connectivity index (χ0) is 21.4. The Labute approximate surface area is 179 Å². The number of hydrogen-bond donors (Lipinski definition) is 1. The highest BCUT2D eigenvalue weighted by atomic mass is 16.3. The van der Waals surface area contributed by atoms with Gasteiger partial charge in [0, 0.05) is 30.2 Å². The average Bonchev–Trinajstić information content (AvgIpc) is 3.54. The monoisotopic (exact) mass is 414 g/mol. The first-order valence-electron chi connectivity index (χ1n) is 10.3. The third-order valence-electron chi connectivity index (χ3n) is 5.67. The molecule has 2 amide bonds. The van der Waals surface area contributed by atoms with Gasteiger partial charge in [-0.05, 0) is 55.7 Å². The van der Waals surface area contributed by atoms with Crippen molar-refractivity contribution in [3.8, 4) is 11.3 Å². The SMILES string of the molecule is Cc1cccn2cc(-c3ccc(NC(=O)C4CCCN4C(=O)c4ccco4)cc3)nc12. The van der Waals surface area contributed by atoms with Crippen molar-refractivity contribution in [2.24, 2.45) is 0 Å². The van der Waals surface area contributed by atoms with Crippen LogP contribution in [0.2, 0.25) is 0 Å². The van der Waals surface area contributed by atoms with Crippen LogP contribution in [0.1, 0.15) is 29.0 Å². The second-order valence-corrected chi connectivity index (χ2v) is 7.75. The molecule has 1 fully saturated rings. The van der Waals surface area contributed by atoms with Gasteiger partial charge in [0.15, 0.2) is 5.76 Å². The number of fused-ring (bicyclic) bond motifs is 1. The summed E-state index contributed by atoms with van der Waals surface area (Å²) >= 11 is 0. The quantitative estimate of drug-likeness (QED) is 0.544. The molecule has 4 aromatic rings. The fraction of sp³-hybridized carbons (Fsp3) is 0.208. The molecule has 7 heteroatoms. The molecular weight excluding hydrogens is 392 g/mol. The lowest BCUT2D eigenvalue weighted by Gasteiger charge is -2.23. The Hall–Kier alpha value is -3.87. The molecular formula is C24H22N4O3. The van der Waals surface area contributed by atoms with Crippen LogP contribution in [0.3, 0.4) is 0 Å². The Balaban J connectivity index is 1.30. The highest BCUT2D eigenvalue weighted by Gasteiger charge is 2.35. The molecule has 1 aromatic carbocycles. The Kier molecular flexibility index (Phi) is 4.78. The first-order valence-corrected chi connectivity index (χ1v) is 10.3. The van der Waals surface area contributed by atoms with E-state index in [1.807, 2.05) is 60.1 Å². The van der Waals surface area contributed by atoms with Crippen molar-refractivity contribution < 1.29 is 14.0 Å². The summed E-state index contributed by atoms with van der Waals surface area (Å²) in [4.78, 5) is 31.8. The predicted octanol–water partition coefficient (Wildman–Crippen LogP) is 4.15. The van der Waals surface area contributed by atoms with E-state index in [9.17, 15) is 9.59 Å². The van der Waals surface area contributed by atoms with Gasteiger partial charge in [0.2, 0.25) is 5.91 Å². The molecule has 1 unspecified atom stereocenters. The molecule has 0 radical (unpaired) electrons. The largest absolute Gasteiger partial charge is 0.459 e. The maximum Gasteiger partial charge on any atom is 0.290 e. The van der Waals surface area contributed by atoms with Crippen molar-refractivity contribution in [2.75, 3.05) is 11.9 Å². The van der Waals surface area contributed by atoms with Crippen molar-refractivity contribution in [3.05, 3.63) is 78.5 Å². The third kappa shape index (κ3) is 3.59. The number of nitrogens with zero attached hydrogens (tertiary/aromatic N) is 3. The number of rotatable bonds is 4. The van der Waals surface area contributed by atoms with Crippen LogP contribution >= 0.6 is 0 Å². The van der Waals surface area contributed by atoms with Gasteiger partial charge in [-0.2, -0.15) is 0 Å². The molecule has 156 valence electrons. The van der Waals surface area contributed by atoms with Gasteiger partial charge >= 0.3 is 0 Å². The minimum atomic E-state index is -0.501. The summed E-state index contributed by atoms with van der Waals surface area (Å²) in [6.07, 6.45) is 6.86. The number of pyridine rings is 1. The Morgan fingerprint density at radius 1 is 1.13 bits per heavy atom. The number of carbonyl (C=O) groups is 2. The number of aryl methyl sites for hydroxylation is 1. The normalized spacial score (nSPS) is 16.0. The number of amides is 2. The van der Waals surface area contributed by atoms with E-state index in [1.54, 1.807) is 17.0 Å². The highest BCUT2D eigenvalue weighted by Crippen LogP contribution is 2.25.